The van der Waals surface area contributed by atoms with Crippen molar-refractivity contribution in [3.05, 3.63) is 53.8 Å². The Labute approximate surface area is 101 Å². The minimum absolute atomic E-state index is 0.206. The fourth-order valence-corrected chi connectivity index (χ4v) is 1.83. The number of benzene rings is 2. The summed E-state index contributed by atoms with van der Waals surface area (Å²) >= 11 is 0. The summed E-state index contributed by atoms with van der Waals surface area (Å²) in [6.07, 6.45) is 0.901. The lowest BCUT2D eigenvalue weighted by atomic mass is 10.0. The van der Waals surface area contributed by atoms with Crippen molar-refractivity contribution in [1.82, 2.24) is 0 Å². The fraction of sp³-hybridized carbons (Fsp3) is 0.200. The number of hydrogen-bond acceptors (Lipinski definition) is 1. The second-order valence-electron chi connectivity index (χ2n) is 3.90. The lowest BCUT2D eigenvalue weighted by Gasteiger charge is -2.09. The molecule has 0 fully saturated rings. The highest BCUT2D eigenvalue weighted by Crippen LogP contribution is 2.28. The summed E-state index contributed by atoms with van der Waals surface area (Å²) in [5, 5.41) is 0. The van der Waals surface area contributed by atoms with Crippen molar-refractivity contribution in [2.24, 2.45) is 0 Å². The van der Waals surface area contributed by atoms with E-state index in [0.29, 0.717) is 5.56 Å². The molecule has 0 saturated heterocycles. The van der Waals surface area contributed by atoms with E-state index in [9.17, 15) is 4.39 Å². The molecule has 0 radical (unpaired) electrons. The van der Waals surface area contributed by atoms with Crippen molar-refractivity contribution in [2.75, 3.05) is 7.11 Å². The maximum absolute atomic E-state index is 13.7. The van der Waals surface area contributed by atoms with E-state index in [1.807, 2.05) is 24.3 Å². The quantitative estimate of drug-likeness (QED) is 0.772. The van der Waals surface area contributed by atoms with Crippen LogP contribution in [0.5, 0.6) is 5.75 Å². The molecule has 0 N–H and O–H groups in total. The summed E-state index contributed by atoms with van der Waals surface area (Å²) in [4.78, 5) is 0. The zero-order chi connectivity index (χ0) is 12.3. The molecule has 17 heavy (non-hydrogen) atoms. The van der Waals surface area contributed by atoms with Gasteiger partial charge in [0, 0.05) is 5.56 Å². The first-order valence-corrected chi connectivity index (χ1v) is 5.67. The molecule has 0 aliphatic heterocycles. The zero-order valence-electron chi connectivity index (χ0n) is 10.0. The van der Waals surface area contributed by atoms with Crippen molar-refractivity contribution in [2.45, 2.75) is 13.3 Å². The molecule has 2 heteroatoms. The van der Waals surface area contributed by atoms with Gasteiger partial charge in [0.15, 0.2) is 0 Å². The first kappa shape index (κ1) is 11.6. The van der Waals surface area contributed by atoms with Gasteiger partial charge < -0.3 is 4.74 Å². The van der Waals surface area contributed by atoms with Gasteiger partial charge in [-0.1, -0.05) is 31.2 Å². The Kier molecular flexibility index (Phi) is 3.43. The van der Waals surface area contributed by atoms with Crippen LogP contribution < -0.4 is 4.74 Å². The molecule has 0 unspecified atom stereocenters. The van der Waals surface area contributed by atoms with Crippen LogP contribution in [0.2, 0.25) is 0 Å². The topological polar surface area (TPSA) is 9.23 Å². The van der Waals surface area contributed by atoms with Crippen molar-refractivity contribution in [3.63, 3.8) is 0 Å². The van der Waals surface area contributed by atoms with Gasteiger partial charge in [-0.25, -0.2) is 4.39 Å². The predicted octanol–water partition coefficient (Wildman–Crippen LogP) is 4.06. The molecule has 0 spiro atoms. The average Bonchev–Trinajstić information content (AvgIpc) is 2.38. The summed E-state index contributed by atoms with van der Waals surface area (Å²) in [7, 11) is 1.62. The molecule has 2 aromatic carbocycles. The van der Waals surface area contributed by atoms with E-state index >= 15 is 0 Å². The number of aryl methyl sites for hydroxylation is 1. The molecule has 1 nitrogen and oxygen atoms in total. The second kappa shape index (κ2) is 5.00. The molecule has 0 bridgehead atoms. The first-order chi connectivity index (χ1) is 8.24. The number of halogens is 1. The highest BCUT2D eigenvalue weighted by molar-refractivity contribution is 5.66. The molecule has 2 aromatic rings. The van der Waals surface area contributed by atoms with Gasteiger partial charge in [-0.05, 0) is 35.7 Å². The van der Waals surface area contributed by atoms with Crippen LogP contribution >= 0.6 is 0 Å². The third-order valence-electron chi connectivity index (χ3n) is 2.80. The van der Waals surface area contributed by atoms with E-state index in [4.69, 9.17) is 4.74 Å². The largest absolute Gasteiger partial charge is 0.497 e. The molecule has 88 valence electrons. The lowest BCUT2D eigenvalue weighted by Crippen LogP contribution is -1.90. The van der Waals surface area contributed by atoms with Gasteiger partial charge in [0.2, 0.25) is 0 Å². The van der Waals surface area contributed by atoms with Crippen LogP contribution in [-0.4, -0.2) is 7.11 Å². The Bertz CT molecular complexity index is 498. The van der Waals surface area contributed by atoms with Gasteiger partial charge in [-0.15, -0.1) is 0 Å². The van der Waals surface area contributed by atoms with Crippen LogP contribution in [0.25, 0.3) is 11.1 Å². The normalized spacial score (nSPS) is 10.3. The van der Waals surface area contributed by atoms with Crippen LogP contribution in [0.15, 0.2) is 42.5 Å². The van der Waals surface area contributed by atoms with E-state index in [1.165, 1.54) is 6.07 Å². The van der Waals surface area contributed by atoms with Gasteiger partial charge in [0.25, 0.3) is 0 Å². The predicted molar refractivity (Wildman–Crippen MR) is 67.8 cm³/mol. The molecular weight excluding hydrogens is 215 g/mol. The second-order valence-corrected chi connectivity index (χ2v) is 3.90. The maximum Gasteiger partial charge on any atom is 0.131 e. The Hall–Kier alpha value is -1.83. The van der Waals surface area contributed by atoms with E-state index in [1.54, 1.807) is 19.2 Å². The summed E-state index contributed by atoms with van der Waals surface area (Å²) in [6, 6.07) is 12.6. The third-order valence-corrected chi connectivity index (χ3v) is 2.80. The summed E-state index contributed by atoms with van der Waals surface area (Å²) in [5.74, 6) is 0.561. The monoisotopic (exact) mass is 230 g/mol. The summed E-state index contributed by atoms with van der Waals surface area (Å²) < 4.78 is 18.9. The molecule has 2 rings (SSSR count). The van der Waals surface area contributed by atoms with E-state index < -0.39 is 0 Å². The molecule has 0 aliphatic rings. The van der Waals surface area contributed by atoms with E-state index in [0.717, 1.165) is 23.3 Å². The number of methoxy groups -OCH3 is 1. The Morgan fingerprint density at radius 2 is 1.88 bits per heavy atom. The number of ether oxygens (including phenoxy) is 1. The first-order valence-electron chi connectivity index (χ1n) is 5.67. The highest BCUT2D eigenvalue weighted by Gasteiger charge is 2.06. The third kappa shape index (κ3) is 2.47. The van der Waals surface area contributed by atoms with Crippen LogP contribution in [0.3, 0.4) is 0 Å². The minimum atomic E-state index is -0.206. The van der Waals surface area contributed by atoms with Gasteiger partial charge in [0.1, 0.15) is 11.6 Å². The van der Waals surface area contributed by atoms with Gasteiger partial charge in [-0.3, -0.25) is 0 Å². The highest BCUT2D eigenvalue weighted by atomic mass is 19.1. The smallest absolute Gasteiger partial charge is 0.131 e. The van der Waals surface area contributed by atoms with Crippen LogP contribution in [-0.2, 0) is 6.42 Å². The van der Waals surface area contributed by atoms with Gasteiger partial charge in [0.05, 0.1) is 7.11 Å². The van der Waals surface area contributed by atoms with Gasteiger partial charge >= 0.3 is 0 Å². The number of hydrogen-bond donors (Lipinski definition) is 0. The van der Waals surface area contributed by atoms with Crippen LogP contribution in [0.1, 0.15) is 12.5 Å². The Morgan fingerprint density at radius 1 is 1.12 bits per heavy atom. The van der Waals surface area contributed by atoms with Crippen LogP contribution in [0, 0.1) is 5.82 Å². The Morgan fingerprint density at radius 3 is 2.53 bits per heavy atom. The zero-order valence-corrected chi connectivity index (χ0v) is 10.0. The van der Waals surface area contributed by atoms with Crippen LogP contribution in [0.4, 0.5) is 4.39 Å². The molecule has 0 atom stereocenters. The van der Waals surface area contributed by atoms with Crippen molar-refractivity contribution in [1.29, 1.82) is 0 Å². The molecule has 0 aromatic heterocycles. The fourth-order valence-electron chi connectivity index (χ4n) is 1.83. The van der Waals surface area contributed by atoms with E-state index in [2.05, 4.69) is 6.92 Å². The Balaban J connectivity index is 2.55. The molecule has 0 aliphatic carbocycles. The van der Waals surface area contributed by atoms with Crippen molar-refractivity contribution >= 4 is 0 Å². The average molecular weight is 230 g/mol. The number of rotatable bonds is 3. The molecule has 0 heterocycles. The summed E-state index contributed by atoms with van der Waals surface area (Å²) in [6.45, 7) is 2.07. The standard InChI is InChI=1S/C15H15FO/c1-3-11-8-12(10-13(9-11)17-2)14-6-4-5-7-15(14)16/h4-10H,3H2,1-2H3. The minimum Gasteiger partial charge on any atom is -0.497 e. The molecular formula is C15H15FO. The molecule has 0 saturated carbocycles. The lowest BCUT2D eigenvalue weighted by molar-refractivity contribution is 0.414. The van der Waals surface area contributed by atoms with E-state index in [-0.39, 0.29) is 5.82 Å². The van der Waals surface area contributed by atoms with Crippen molar-refractivity contribution in [3.8, 4) is 16.9 Å². The summed E-state index contributed by atoms with van der Waals surface area (Å²) in [5.41, 5.74) is 2.61. The van der Waals surface area contributed by atoms with Gasteiger partial charge in [-0.2, -0.15) is 0 Å². The maximum atomic E-state index is 13.7. The molecule has 0 amide bonds. The SMILES string of the molecule is CCc1cc(OC)cc(-c2ccccc2F)c1. The van der Waals surface area contributed by atoms with Crippen molar-refractivity contribution < 1.29 is 9.13 Å².